The van der Waals surface area contributed by atoms with Gasteiger partial charge < -0.3 is 0 Å². The fraction of sp³-hybridized carbons (Fsp3) is 0.111. The number of hydrogen-bond donors (Lipinski definition) is 2. The van der Waals surface area contributed by atoms with Crippen molar-refractivity contribution in [2.75, 3.05) is 0 Å². The highest BCUT2D eigenvalue weighted by atomic mass is 16.6. The van der Waals surface area contributed by atoms with Gasteiger partial charge in [0.2, 0.25) is 0 Å². The molecule has 0 aromatic heterocycles. The van der Waals surface area contributed by atoms with Crippen molar-refractivity contribution in [3.8, 4) is 0 Å². The average molecular weight is 296 g/mol. The molecule has 0 spiro atoms. The highest BCUT2D eigenvalue weighted by Gasteiger charge is 1.89. The standard InChI is InChI=1S/C18H20N2O2/c1-3-9-17(10-4-1)15-21-19-13-7-8-14-20-22-16-18-11-5-2-6-12-18/h1-14,19-20H,15-16H2. The van der Waals surface area contributed by atoms with Crippen LogP contribution in [0.15, 0.2) is 85.2 Å². The first-order chi connectivity index (χ1) is 10.9. The molecule has 0 atom stereocenters. The van der Waals surface area contributed by atoms with Crippen molar-refractivity contribution in [2.24, 2.45) is 0 Å². The Hall–Kier alpha value is -2.56. The Morgan fingerprint density at radius 3 is 1.45 bits per heavy atom. The van der Waals surface area contributed by atoms with Gasteiger partial charge in [-0.15, -0.1) is 0 Å². The van der Waals surface area contributed by atoms with Crippen molar-refractivity contribution in [3.63, 3.8) is 0 Å². The highest BCUT2D eigenvalue weighted by Crippen LogP contribution is 1.99. The third kappa shape index (κ3) is 6.74. The molecule has 4 nitrogen and oxygen atoms in total. The normalized spacial score (nSPS) is 11.1. The summed E-state index contributed by atoms with van der Waals surface area (Å²) in [6, 6.07) is 20.0. The van der Waals surface area contributed by atoms with E-state index in [0.29, 0.717) is 13.2 Å². The van der Waals surface area contributed by atoms with Crippen LogP contribution in [0, 0.1) is 0 Å². The quantitative estimate of drug-likeness (QED) is 0.422. The van der Waals surface area contributed by atoms with E-state index in [9.17, 15) is 0 Å². The van der Waals surface area contributed by atoms with Crippen LogP contribution in [0.3, 0.4) is 0 Å². The second-order valence-corrected chi connectivity index (χ2v) is 4.50. The summed E-state index contributed by atoms with van der Waals surface area (Å²) in [7, 11) is 0. The van der Waals surface area contributed by atoms with Crippen molar-refractivity contribution in [3.05, 3.63) is 96.3 Å². The zero-order valence-corrected chi connectivity index (χ0v) is 12.3. The van der Waals surface area contributed by atoms with Gasteiger partial charge in [-0.3, -0.25) is 20.6 Å². The Balaban J connectivity index is 1.50. The summed E-state index contributed by atoms with van der Waals surface area (Å²) in [5.41, 5.74) is 7.74. The molecule has 0 saturated heterocycles. The number of rotatable bonds is 9. The molecule has 0 bridgehead atoms. The van der Waals surface area contributed by atoms with E-state index in [2.05, 4.69) is 11.0 Å². The van der Waals surface area contributed by atoms with Crippen molar-refractivity contribution < 1.29 is 9.68 Å². The lowest BCUT2D eigenvalue weighted by Gasteiger charge is -2.02. The molecule has 2 rings (SSSR count). The summed E-state index contributed by atoms with van der Waals surface area (Å²) in [5, 5.41) is 0. The van der Waals surface area contributed by atoms with E-state index < -0.39 is 0 Å². The first-order valence-corrected chi connectivity index (χ1v) is 7.09. The number of benzene rings is 2. The van der Waals surface area contributed by atoms with Gasteiger partial charge in [-0.2, -0.15) is 0 Å². The smallest absolute Gasteiger partial charge is 0.0996 e. The molecule has 0 heterocycles. The summed E-state index contributed by atoms with van der Waals surface area (Å²) in [6.45, 7) is 1.04. The first-order valence-electron chi connectivity index (χ1n) is 7.09. The predicted molar refractivity (Wildman–Crippen MR) is 87.0 cm³/mol. The molecule has 2 aromatic rings. The van der Waals surface area contributed by atoms with Crippen LogP contribution in [0.4, 0.5) is 0 Å². The van der Waals surface area contributed by atoms with Gasteiger partial charge in [0.15, 0.2) is 0 Å². The molecule has 2 aromatic carbocycles. The Labute approximate surface area is 131 Å². The van der Waals surface area contributed by atoms with E-state index in [1.165, 1.54) is 0 Å². The predicted octanol–water partition coefficient (Wildman–Crippen LogP) is 3.46. The van der Waals surface area contributed by atoms with E-state index in [1.807, 2.05) is 72.8 Å². The van der Waals surface area contributed by atoms with Crippen LogP contribution in [-0.2, 0) is 22.9 Å². The van der Waals surface area contributed by atoms with Gasteiger partial charge >= 0.3 is 0 Å². The summed E-state index contributed by atoms with van der Waals surface area (Å²) < 4.78 is 0. The molecular formula is C18H20N2O2. The molecule has 0 amide bonds. The van der Waals surface area contributed by atoms with Gasteiger partial charge in [0.1, 0.15) is 0 Å². The Morgan fingerprint density at radius 2 is 1.05 bits per heavy atom. The third-order valence-electron chi connectivity index (χ3n) is 2.77. The molecule has 22 heavy (non-hydrogen) atoms. The molecule has 0 aliphatic rings. The maximum atomic E-state index is 5.28. The van der Waals surface area contributed by atoms with Crippen LogP contribution in [0.5, 0.6) is 0 Å². The van der Waals surface area contributed by atoms with Gasteiger partial charge in [0, 0.05) is 12.4 Å². The molecule has 114 valence electrons. The van der Waals surface area contributed by atoms with E-state index in [4.69, 9.17) is 9.68 Å². The number of hydroxylamine groups is 2. The van der Waals surface area contributed by atoms with Crippen LogP contribution in [0.2, 0.25) is 0 Å². The lowest BCUT2D eigenvalue weighted by molar-refractivity contribution is 0.0568. The molecule has 0 fully saturated rings. The number of nitrogens with one attached hydrogen (secondary N) is 2. The lowest BCUT2D eigenvalue weighted by atomic mass is 10.2. The largest absolute Gasteiger partial charge is 0.274 e. The van der Waals surface area contributed by atoms with Gasteiger partial charge in [-0.05, 0) is 23.3 Å². The molecule has 0 aliphatic heterocycles. The minimum absolute atomic E-state index is 0.521. The minimum Gasteiger partial charge on any atom is -0.274 e. The summed E-state index contributed by atoms with van der Waals surface area (Å²) >= 11 is 0. The molecule has 0 unspecified atom stereocenters. The van der Waals surface area contributed by atoms with Crippen molar-refractivity contribution >= 4 is 0 Å². The highest BCUT2D eigenvalue weighted by molar-refractivity contribution is 5.14. The average Bonchev–Trinajstić information content (AvgIpc) is 2.58. The fourth-order valence-electron chi connectivity index (χ4n) is 1.68. The molecule has 0 radical (unpaired) electrons. The van der Waals surface area contributed by atoms with Crippen molar-refractivity contribution in [1.29, 1.82) is 0 Å². The molecule has 2 N–H and O–H groups in total. The monoisotopic (exact) mass is 296 g/mol. The van der Waals surface area contributed by atoms with E-state index in [0.717, 1.165) is 11.1 Å². The molecule has 4 heteroatoms. The van der Waals surface area contributed by atoms with E-state index in [1.54, 1.807) is 12.4 Å². The van der Waals surface area contributed by atoms with Gasteiger partial charge in [-0.1, -0.05) is 60.7 Å². The zero-order chi connectivity index (χ0) is 15.3. The Morgan fingerprint density at radius 1 is 0.636 bits per heavy atom. The summed E-state index contributed by atoms with van der Waals surface area (Å²) in [5.74, 6) is 0. The maximum Gasteiger partial charge on any atom is 0.0996 e. The van der Waals surface area contributed by atoms with Gasteiger partial charge in [0.25, 0.3) is 0 Å². The van der Waals surface area contributed by atoms with Crippen LogP contribution in [0.25, 0.3) is 0 Å². The summed E-state index contributed by atoms with van der Waals surface area (Å²) in [4.78, 5) is 10.6. The van der Waals surface area contributed by atoms with Crippen LogP contribution >= 0.6 is 0 Å². The third-order valence-corrected chi connectivity index (χ3v) is 2.77. The van der Waals surface area contributed by atoms with Gasteiger partial charge in [0.05, 0.1) is 13.2 Å². The SMILES string of the molecule is C(C=CNOCc1ccccc1)=CNOCc1ccccc1. The van der Waals surface area contributed by atoms with E-state index in [-0.39, 0.29) is 0 Å². The van der Waals surface area contributed by atoms with Crippen LogP contribution < -0.4 is 11.0 Å². The zero-order valence-electron chi connectivity index (χ0n) is 12.3. The first kappa shape index (κ1) is 15.8. The second kappa shape index (κ2) is 10.2. The van der Waals surface area contributed by atoms with Crippen LogP contribution in [-0.4, -0.2) is 0 Å². The second-order valence-electron chi connectivity index (χ2n) is 4.50. The van der Waals surface area contributed by atoms with Gasteiger partial charge in [-0.25, -0.2) is 0 Å². The minimum atomic E-state index is 0.521. The van der Waals surface area contributed by atoms with Crippen LogP contribution in [0.1, 0.15) is 11.1 Å². The molecule has 0 saturated carbocycles. The topological polar surface area (TPSA) is 42.5 Å². The van der Waals surface area contributed by atoms with Crippen molar-refractivity contribution in [1.82, 2.24) is 11.0 Å². The van der Waals surface area contributed by atoms with E-state index >= 15 is 0 Å². The molecular weight excluding hydrogens is 276 g/mol. The molecule has 0 aliphatic carbocycles. The number of allylic oxidation sites excluding steroid dienone is 2. The Bertz CT molecular complexity index is 515. The summed E-state index contributed by atoms with van der Waals surface area (Å²) in [6.07, 6.45) is 7.03. The lowest BCUT2D eigenvalue weighted by Crippen LogP contribution is -2.06. The maximum absolute atomic E-state index is 5.28. The Kier molecular flexibility index (Phi) is 7.34. The van der Waals surface area contributed by atoms with Crippen molar-refractivity contribution in [2.45, 2.75) is 13.2 Å². The fourth-order valence-corrected chi connectivity index (χ4v) is 1.68. The number of hydrogen-bond acceptors (Lipinski definition) is 4.